The molecule has 0 amide bonds. The topological polar surface area (TPSA) is 29.5 Å². The number of hydrogen-bond acceptors (Lipinski definition) is 7. The van der Waals surface area contributed by atoms with Crippen molar-refractivity contribution in [2.24, 2.45) is 0 Å². The van der Waals surface area contributed by atoms with Crippen LogP contribution in [0.5, 0.6) is 0 Å². The van der Waals surface area contributed by atoms with E-state index in [1.54, 1.807) is 51.1 Å². The van der Waals surface area contributed by atoms with Crippen molar-refractivity contribution in [1.82, 2.24) is 0 Å². The van der Waals surface area contributed by atoms with Gasteiger partial charge in [-0.05, 0) is 63.2 Å². The summed E-state index contributed by atoms with van der Waals surface area (Å²) in [4.78, 5) is 6.44. The van der Waals surface area contributed by atoms with Crippen LogP contribution in [0, 0.1) is 0 Å². The zero-order valence-corrected chi connectivity index (χ0v) is 12.0. The SMILES string of the molecule is OOCc1cc2c(cc1Cl)SSSSS2. The number of rotatable bonds is 2. The molecule has 1 aromatic rings. The summed E-state index contributed by atoms with van der Waals surface area (Å²) in [5.41, 5.74) is 0.809. The Kier molecular flexibility index (Phi) is 5.22. The molecule has 15 heavy (non-hydrogen) atoms. The lowest BCUT2D eigenvalue weighted by Gasteiger charge is -2.07. The molecule has 0 radical (unpaired) electrons. The van der Waals surface area contributed by atoms with Gasteiger partial charge in [-0.3, -0.25) is 5.26 Å². The molecular formula is C7H5ClO2S5. The van der Waals surface area contributed by atoms with E-state index in [0.717, 1.165) is 10.5 Å². The van der Waals surface area contributed by atoms with E-state index in [4.69, 9.17) is 16.9 Å². The summed E-state index contributed by atoms with van der Waals surface area (Å²) < 4.78 is 0. The molecule has 0 spiro atoms. The lowest BCUT2D eigenvalue weighted by molar-refractivity contribution is -0.253. The Morgan fingerprint density at radius 3 is 2.47 bits per heavy atom. The van der Waals surface area contributed by atoms with E-state index in [9.17, 15) is 0 Å². The van der Waals surface area contributed by atoms with Gasteiger partial charge in [0.1, 0.15) is 6.61 Å². The standard InChI is InChI=1S/C7H5ClO2S5/c8-5-2-7-6(1-4(5)3-10-9)11-13-15-14-12-7/h1-2,9H,3H2. The van der Waals surface area contributed by atoms with Crippen molar-refractivity contribution >= 4 is 62.7 Å². The van der Waals surface area contributed by atoms with Crippen LogP contribution < -0.4 is 0 Å². The van der Waals surface area contributed by atoms with Crippen LogP contribution in [0.4, 0.5) is 0 Å². The van der Waals surface area contributed by atoms with Gasteiger partial charge >= 0.3 is 0 Å². The molecule has 0 saturated heterocycles. The highest BCUT2D eigenvalue weighted by Crippen LogP contribution is 2.59. The third-order valence-electron chi connectivity index (χ3n) is 1.64. The first-order valence-electron chi connectivity index (χ1n) is 3.74. The molecule has 0 aromatic heterocycles. The monoisotopic (exact) mass is 316 g/mol. The summed E-state index contributed by atoms with van der Waals surface area (Å²) in [6.07, 6.45) is 0. The maximum Gasteiger partial charge on any atom is 0.108 e. The predicted molar refractivity (Wildman–Crippen MR) is 73.4 cm³/mol. The van der Waals surface area contributed by atoms with Gasteiger partial charge in [0.15, 0.2) is 0 Å². The first-order valence-corrected chi connectivity index (χ1v) is 10.3. The number of benzene rings is 1. The molecule has 2 nitrogen and oxygen atoms in total. The lowest BCUT2D eigenvalue weighted by atomic mass is 10.2. The van der Waals surface area contributed by atoms with Gasteiger partial charge in [-0.15, -0.1) is 0 Å². The van der Waals surface area contributed by atoms with E-state index in [-0.39, 0.29) is 6.61 Å². The van der Waals surface area contributed by atoms with Gasteiger partial charge in [-0.1, -0.05) is 11.6 Å². The van der Waals surface area contributed by atoms with Crippen molar-refractivity contribution in [1.29, 1.82) is 0 Å². The number of halogens is 1. The fourth-order valence-corrected chi connectivity index (χ4v) is 10.2. The quantitative estimate of drug-likeness (QED) is 0.444. The van der Waals surface area contributed by atoms with Gasteiger partial charge in [0.05, 0.1) is 0 Å². The van der Waals surface area contributed by atoms with Crippen LogP contribution >= 0.6 is 62.7 Å². The minimum atomic E-state index is 0.127. The molecule has 0 aliphatic carbocycles. The predicted octanol–water partition coefficient (Wildman–Crippen LogP) is 5.39. The first kappa shape index (κ1) is 12.6. The average Bonchev–Trinajstić information content (AvgIpc) is 2.44. The Labute approximate surface area is 111 Å². The molecule has 1 aliphatic heterocycles. The van der Waals surface area contributed by atoms with Crippen molar-refractivity contribution in [3.05, 3.63) is 22.7 Å². The molecular weight excluding hydrogens is 312 g/mol. The van der Waals surface area contributed by atoms with E-state index < -0.39 is 0 Å². The molecule has 0 atom stereocenters. The van der Waals surface area contributed by atoms with Gasteiger partial charge in [-0.2, -0.15) is 0 Å². The molecule has 0 bridgehead atoms. The number of fused-ring (bicyclic) bond motifs is 1. The highest BCUT2D eigenvalue weighted by Gasteiger charge is 2.14. The van der Waals surface area contributed by atoms with Crippen LogP contribution in [0.15, 0.2) is 21.9 Å². The fourth-order valence-electron chi connectivity index (χ4n) is 1.00. The third kappa shape index (κ3) is 3.32. The van der Waals surface area contributed by atoms with Crippen LogP contribution in [-0.2, 0) is 11.5 Å². The Morgan fingerprint density at radius 1 is 1.13 bits per heavy atom. The van der Waals surface area contributed by atoms with Gasteiger partial charge in [0.25, 0.3) is 0 Å². The zero-order valence-electron chi connectivity index (χ0n) is 7.14. The second-order valence-electron chi connectivity index (χ2n) is 2.53. The van der Waals surface area contributed by atoms with Gasteiger partial charge in [0.2, 0.25) is 0 Å². The lowest BCUT2D eigenvalue weighted by Crippen LogP contribution is -1.90. The van der Waals surface area contributed by atoms with E-state index in [1.165, 1.54) is 4.90 Å². The first-order chi connectivity index (χ1) is 7.31. The minimum absolute atomic E-state index is 0.127. The molecule has 0 saturated carbocycles. The summed E-state index contributed by atoms with van der Waals surface area (Å²) in [5, 5.41) is 9.05. The Bertz CT molecular complexity index is 361. The van der Waals surface area contributed by atoms with Crippen LogP contribution in [-0.4, -0.2) is 5.26 Å². The second kappa shape index (κ2) is 6.20. The average molecular weight is 317 g/mol. The van der Waals surface area contributed by atoms with Crippen molar-refractivity contribution in [3.63, 3.8) is 0 Å². The maximum atomic E-state index is 8.42. The van der Waals surface area contributed by atoms with Crippen LogP contribution in [0.2, 0.25) is 5.02 Å². The molecule has 1 heterocycles. The summed E-state index contributed by atoms with van der Waals surface area (Å²) in [5.74, 6) is 0. The Balaban J connectivity index is 2.33. The Hall–Kier alpha value is 1.18. The van der Waals surface area contributed by atoms with Crippen LogP contribution in [0.1, 0.15) is 5.56 Å². The second-order valence-corrected chi connectivity index (χ2v) is 10.5. The Morgan fingerprint density at radius 2 is 1.80 bits per heavy atom. The fraction of sp³-hybridized carbons (Fsp3) is 0.143. The van der Waals surface area contributed by atoms with Gasteiger partial charge in [0, 0.05) is 20.4 Å². The van der Waals surface area contributed by atoms with E-state index in [1.807, 2.05) is 12.1 Å². The maximum absolute atomic E-state index is 8.42. The molecule has 0 fully saturated rings. The molecule has 1 N–H and O–H groups in total. The highest BCUT2D eigenvalue weighted by atomic mass is 35.5. The summed E-state index contributed by atoms with van der Waals surface area (Å²) in [7, 11) is 8.58. The van der Waals surface area contributed by atoms with Gasteiger partial charge in [-0.25, -0.2) is 4.89 Å². The van der Waals surface area contributed by atoms with Gasteiger partial charge < -0.3 is 0 Å². The normalized spacial score (nSPS) is 15.9. The van der Waals surface area contributed by atoms with E-state index in [0.29, 0.717) is 5.02 Å². The zero-order chi connectivity index (χ0) is 10.7. The third-order valence-corrected chi connectivity index (χ3v) is 10.4. The molecule has 82 valence electrons. The smallest absolute Gasteiger partial charge is 0.108 e. The van der Waals surface area contributed by atoms with E-state index in [2.05, 4.69) is 4.89 Å². The van der Waals surface area contributed by atoms with Crippen molar-refractivity contribution < 1.29 is 10.1 Å². The molecule has 2 rings (SSSR count). The minimum Gasteiger partial charge on any atom is -0.251 e. The molecule has 0 unspecified atom stereocenters. The van der Waals surface area contributed by atoms with Crippen LogP contribution in [0.3, 0.4) is 0 Å². The summed E-state index contributed by atoms with van der Waals surface area (Å²) in [6.45, 7) is 0.127. The van der Waals surface area contributed by atoms with Crippen molar-refractivity contribution in [3.8, 4) is 0 Å². The summed E-state index contributed by atoms with van der Waals surface area (Å²) >= 11 is 6.06. The van der Waals surface area contributed by atoms with Crippen molar-refractivity contribution in [2.45, 2.75) is 16.4 Å². The molecule has 1 aromatic carbocycles. The van der Waals surface area contributed by atoms with Crippen LogP contribution in [0.25, 0.3) is 0 Å². The van der Waals surface area contributed by atoms with E-state index >= 15 is 0 Å². The van der Waals surface area contributed by atoms with Crippen molar-refractivity contribution in [2.75, 3.05) is 0 Å². The molecule has 1 aliphatic rings. The highest BCUT2D eigenvalue weighted by molar-refractivity contribution is 9.36. The summed E-state index contributed by atoms with van der Waals surface area (Å²) in [6, 6.07) is 3.88. The molecule has 8 heteroatoms. The largest absolute Gasteiger partial charge is 0.251 e. The number of hydrogen-bond donors (Lipinski definition) is 1.